The monoisotopic (exact) mass is 475 g/mol. The van der Waals surface area contributed by atoms with E-state index in [1.807, 2.05) is 34.6 Å². The Morgan fingerprint density at radius 2 is 2.16 bits per heavy atom. The number of carboxylic acids is 1. The quantitative estimate of drug-likeness (QED) is 0.293. The van der Waals surface area contributed by atoms with Crippen LogP contribution in [0.5, 0.6) is 0 Å². The van der Waals surface area contributed by atoms with Crippen LogP contribution in [0.15, 0.2) is 17.4 Å². The number of β-lactam (4-membered cyclic amide) rings is 1. The van der Waals surface area contributed by atoms with E-state index in [2.05, 4.69) is 0 Å². The van der Waals surface area contributed by atoms with Crippen molar-refractivity contribution in [2.75, 3.05) is 0 Å². The SMILES string of the molecule is Cc1c2scc(C3=C(C(=O)O)N4C(=O)[C@H]([C@@H](C)O)[C@H]4C3)[n+]2cn1C.[I-]. The number of hydrogen-bond donors (Lipinski definition) is 2. The van der Waals surface area contributed by atoms with E-state index in [1.54, 1.807) is 18.3 Å². The molecule has 4 heterocycles. The van der Waals surface area contributed by atoms with E-state index in [0.29, 0.717) is 12.0 Å². The number of thiazole rings is 1. The second kappa shape index (κ2) is 6.06. The molecule has 2 aromatic heterocycles. The van der Waals surface area contributed by atoms with E-state index in [1.165, 1.54) is 4.90 Å². The van der Waals surface area contributed by atoms with Gasteiger partial charge in [0.1, 0.15) is 11.4 Å². The fraction of sp³-hybridized carbons (Fsp3) is 0.438. The number of aryl methyl sites for hydroxylation is 2. The molecule has 134 valence electrons. The Labute approximate surface area is 165 Å². The lowest BCUT2D eigenvalue weighted by Gasteiger charge is -2.44. The lowest BCUT2D eigenvalue weighted by Crippen LogP contribution is -3.00. The zero-order valence-corrected chi connectivity index (χ0v) is 16.9. The van der Waals surface area contributed by atoms with Crippen molar-refractivity contribution in [3.63, 3.8) is 0 Å². The second-order valence-corrected chi connectivity index (χ2v) is 7.34. The molecular formula is C16H18IN3O4S. The van der Waals surface area contributed by atoms with Gasteiger partial charge in [0.05, 0.1) is 25.1 Å². The Kier molecular flexibility index (Phi) is 4.44. The molecule has 0 saturated carbocycles. The molecule has 0 aliphatic carbocycles. The summed E-state index contributed by atoms with van der Waals surface area (Å²) in [6.07, 6.45) is 1.60. The number of aliphatic hydroxyl groups is 1. The Hall–Kier alpha value is -1.46. The van der Waals surface area contributed by atoms with Gasteiger partial charge in [0.15, 0.2) is 5.69 Å². The predicted octanol–water partition coefficient (Wildman–Crippen LogP) is -2.46. The van der Waals surface area contributed by atoms with Gasteiger partial charge in [-0.05, 0) is 6.92 Å². The van der Waals surface area contributed by atoms with Gasteiger partial charge in [-0.15, -0.1) is 0 Å². The molecule has 0 aromatic carbocycles. The summed E-state index contributed by atoms with van der Waals surface area (Å²) < 4.78 is 3.97. The first kappa shape index (κ1) is 18.3. The van der Waals surface area contributed by atoms with Crippen LogP contribution in [-0.4, -0.2) is 43.7 Å². The van der Waals surface area contributed by atoms with Gasteiger partial charge in [-0.1, -0.05) is 11.3 Å². The Morgan fingerprint density at radius 3 is 2.76 bits per heavy atom. The van der Waals surface area contributed by atoms with E-state index < -0.39 is 18.0 Å². The molecule has 3 atom stereocenters. The third-order valence-corrected chi connectivity index (χ3v) is 6.18. The number of rotatable bonds is 3. The maximum absolute atomic E-state index is 12.3. The van der Waals surface area contributed by atoms with Crippen LogP contribution in [0, 0.1) is 12.8 Å². The third kappa shape index (κ3) is 2.36. The zero-order chi connectivity index (χ0) is 17.3. The average molecular weight is 475 g/mol. The van der Waals surface area contributed by atoms with Crippen LogP contribution in [0.1, 0.15) is 24.7 Å². The number of aliphatic hydroxyl groups excluding tert-OH is 1. The molecule has 1 amide bonds. The van der Waals surface area contributed by atoms with Crippen LogP contribution in [0.25, 0.3) is 10.4 Å². The van der Waals surface area contributed by atoms with Crippen molar-refractivity contribution in [2.24, 2.45) is 13.0 Å². The molecule has 1 saturated heterocycles. The standard InChI is InChI=1S/C16H17N3O4S.HI/c1-7-15-18(6-17(7)3)11(5-24-15)9-4-10-12(8(2)20)14(21)19(10)13(9)16(22)23;/h5-6,8,10,12,20H,4H2,1-3H3;1H/t8-,10-,12-;/m1./s1. The molecule has 2 aromatic rings. The summed E-state index contributed by atoms with van der Waals surface area (Å²) >= 11 is 1.55. The van der Waals surface area contributed by atoms with Gasteiger partial charge in [-0.25, -0.2) is 9.36 Å². The highest BCUT2D eigenvalue weighted by Gasteiger charge is 2.57. The maximum atomic E-state index is 12.3. The van der Waals surface area contributed by atoms with Gasteiger partial charge in [0.25, 0.3) is 0 Å². The molecule has 9 heteroatoms. The summed E-state index contributed by atoms with van der Waals surface area (Å²) in [5, 5.41) is 21.4. The number of hydrogen-bond acceptors (Lipinski definition) is 4. The molecule has 2 aliphatic rings. The molecule has 4 rings (SSSR count). The minimum absolute atomic E-state index is 0. The highest BCUT2D eigenvalue weighted by Crippen LogP contribution is 2.46. The first-order valence-corrected chi connectivity index (χ1v) is 8.63. The van der Waals surface area contributed by atoms with Crippen molar-refractivity contribution in [3.8, 4) is 0 Å². The Morgan fingerprint density at radius 1 is 1.48 bits per heavy atom. The van der Waals surface area contributed by atoms with Crippen LogP contribution in [0.2, 0.25) is 0 Å². The smallest absolute Gasteiger partial charge is 0.353 e. The summed E-state index contributed by atoms with van der Waals surface area (Å²) in [5.41, 5.74) is 2.62. The minimum atomic E-state index is -1.10. The van der Waals surface area contributed by atoms with Crippen molar-refractivity contribution in [2.45, 2.75) is 32.4 Å². The van der Waals surface area contributed by atoms with Crippen molar-refractivity contribution in [1.29, 1.82) is 0 Å². The van der Waals surface area contributed by atoms with Crippen molar-refractivity contribution in [3.05, 3.63) is 28.8 Å². The predicted molar refractivity (Wildman–Crippen MR) is 86.2 cm³/mol. The number of amides is 1. The lowest BCUT2D eigenvalue weighted by molar-refractivity contribution is -0.511. The summed E-state index contributed by atoms with van der Waals surface area (Å²) in [7, 11) is 1.94. The fourth-order valence-corrected chi connectivity index (χ4v) is 4.89. The molecule has 2 N–H and O–H groups in total. The van der Waals surface area contributed by atoms with Crippen molar-refractivity contribution < 1.29 is 48.2 Å². The first-order chi connectivity index (χ1) is 11.3. The van der Waals surface area contributed by atoms with Gasteiger partial charge in [-0.2, -0.15) is 4.40 Å². The van der Waals surface area contributed by atoms with Crippen LogP contribution in [0.4, 0.5) is 0 Å². The van der Waals surface area contributed by atoms with E-state index in [0.717, 1.165) is 16.2 Å². The number of carboxylic acid groups (broad SMARTS) is 1. The number of nitrogens with zero attached hydrogens (tertiary/aromatic N) is 3. The normalized spacial score (nSPS) is 23.5. The average Bonchev–Trinajstić information content (AvgIpc) is 3.12. The molecule has 7 nitrogen and oxygen atoms in total. The molecule has 25 heavy (non-hydrogen) atoms. The van der Waals surface area contributed by atoms with E-state index in [9.17, 15) is 19.8 Å². The number of imidazole rings is 1. The number of carbonyl (C=O) groups is 2. The van der Waals surface area contributed by atoms with E-state index in [4.69, 9.17) is 0 Å². The summed E-state index contributed by atoms with van der Waals surface area (Å²) in [4.78, 5) is 26.5. The summed E-state index contributed by atoms with van der Waals surface area (Å²) in [6.45, 7) is 3.59. The van der Waals surface area contributed by atoms with Gasteiger partial charge in [-0.3, -0.25) is 4.79 Å². The largest absolute Gasteiger partial charge is 1.00 e. The number of aliphatic carboxylic acids is 1. The lowest BCUT2D eigenvalue weighted by atomic mass is 9.83. The molecule has 0 spiro atoms. The highest BCUT2D eigenvalue weighted by molar-refractivity contribution is 7.15. The molecular weight excluding hydrogens is 457 g/mol. The van der Waals surface area contributed by atoms with E-state index >= 15 is 0 Å². The molecule has 0 unspecified atom stereocenters. The number of fused-ring (bicyclic) bond motifs is 2. The molecule has 0 radical (unpaired) electrons. The third-order valence-electron chi connectivity index (χ3n) is 5.13. The number of carbonyl (C=O) groups excluding carboxylic acids is 1. The van der Waals surface area contributed by atoms with Crippen LogP contribution in [0.3, 0.4) is 0 Å². The van der Waals surface area contributed by atoms with Gasteiger partial charge >= 0.3 is 5.97 Å². The molecule has 2 aliphatic heterocycles. The summed E-state index contributed by atoms with van der Waals surface area (Å²) in [5.74, 6) is -1.92. The Bertz CT molecular complexity index is 929. The van der Waals surface area contributed by atoms with Crippen molar-refractivity contribution in [1.82, 2.24) is 9.47 Å². The fourth-order valence-electron chi connectivity index (χ4n) is 3.83. The maximum Gasteiger partial charge on any atom is 0.353 e. The minimum Gasteiger partial charge on any atom is -1.00 e. The van der Waals surface area contributed by atoms with Crippen molar-refractivity contribution >= 4 is 33.6 Å². The number of aromatic nitrogens is 2. The first-order valence-electron chi connectivity index (χ1n) is 7.75. The topological polar surface area (TPSA) is 86.9 Å². The second-order valence-electron chi connectivity index (χ2n) is 6.49. The molecule has 0 bridgehead atoms. The Balaban J connectivity index is 0.00000182. The van der Waals surface area contributed by atoms with Crippen LogP contribution >= 0.6 is 11.3 Å². The van der Waals surface area contributed by atoms with Gasteiger partial charge < -0.3 is 39.1 Å². The highest BCUT2D eigenvalue weighted by atomic mass is 127. The van der Waals surface area contributed by atoms with Crippen LogP contribution < -0.4 is 28.4 Å². The molecule has 1 fully saturated rings. The zero-order valence-electron chi connectivity index (χ0n) is 13.9. The van der Waals surface area contributed by atoms with E-state index in [-0.39, 0.29) is 41.6 Å². The van der Waals surface area contributed by atoms with Gasteiger partial charge in [0, 0.05) is 24.3 Å². The van der Waals surface area contributed by atoms with Crippen LogP contribution in [-0.2, 0) is 16.6 Å². The van der Waals surface area contributed by atoms with Gasteiger partial charge in [0.2, 0.25) is 17.1 Å². The number of halogens is 1. The summed E-state index contributed by atoms with van der Waals surface area (Å²) in [6, 6.07) is -0.265.